The molecular weight excluding hydrogens is 298 g/mol. The fourth-order valence-electron chi connectivity index (χ4n) is 3.30. The number of likely N-dealkylation sites (tertiary alicyclic amines) is 1. The van der Waals surface area contributed by atoms with Gasteiger partial charge in [-0.3, -0.25) is 4.90 Å². The number of carbonyl (C=O) groups is 1. The van der Waals surface area contributed by atoms with Crippen LogP contribution in [0.15, 0.2) is 17.5 Å². The van der Waals surface area contributed by atoms with Gasteiger partial charge in [-0.1, -0.05) is 6.07 Å². The molecule has 0 aromatic carbocycles. The van der Waals surface area contributed by atoms with E-state index in [1.54, 1.807) is 11.3 Å². The van der Waals surface area contributed by atoms with Gasteiger partial charge < -0.3 is 15.0 Å². The second-order valence-corrected chi connectivity index (χ2v) is 7.11. The zero-order chi connectivity index (χ0) is 15.4. The number of morpholine rings is 1. The molecule has 2 amide bonds. The highest BCUT2D eigenvalue weighted by atomic mass is 32.1. The Bertz CT molecular complexity index is 474. The van der Waals surface area contributed by atoms with E-state index in [1.165, 1.54) is 4.88 Å². The topological polar surface area (TPSA) is 44.8 Å². The van der Waals surface area contributed by atoms with Crippen molar-refractivity contribution in [1.82, 2.24) is 15.1 Å². The quantitative estimate of drug-likeness (QED) is 0.925. The van der Waals surface area contributed by atoms with Crippen LogP contribution in [0.25, 0.3) is 0 Å². The first-order valence-corrected chi connectivity index (χ1v) is 9.02. The van der Waals surface area contributed by atoms with Gasteiger partial charge in [0, 0.05) is 37.1 Å². The summed E-state index contributed by atoms with van der Waals surface area (Å²) in [7, 11) is 0. The minimum atomic E-state index is 0.0802. The number of carbonyl (C=O) groups excluding carboxylic acids is 1. The number of hydrogen-bond donors (Lipinski definition) is 1. The number of amides is 2. The number of nitrogens with zero attached hydrogens (tertiary/aromatic N) is 2. The second-order valence-electron chi connectivity index (χ2n) is 6.13. The van der Waals surface area contributed by atoms with Gasteiger partial charge in [0.15, 0.2) is 0 Å². The Hall–Kier alpha value is -1.11. The minimum Gasteiger partial charge on any atom is -0.379 e. The lowest BCUT2D eigenvalue weighted by Crippen LogP contribution is -2.49. The van der Waals surface area contributed by atoms with Gasteiger partial charge in [-0.25, -0.2) is 4.79 Å². The van der Waals surface area contributed by atoms with Gasteiger partial charge >= 0.3 is 6.03 Å². The van der Waals surface area contributed by atoms with Crippen molar-refractivity contribution in [3.63, 3.8) is 0 Å². The summed E-state index contributed by atoms with van der Waals surface area (Å²) in [4.78, 5) is 18.2. The highest BCUT2D eigenvalue weighted by Gasteiger charge is 2.31. The molecule has 1 N–H and O–H groups in total. The molecule has 2 unspecified atom stereocenters. The van der Waals surface area contributed by atoms with E-state index in [-0.39, 0.29) is 18.1 Å². The summed E-state index contributed by atoms with van der Waals surface area (Å²) in [6, 6.07) is 4.70. The van der Waals surface area contributed by atoms with Crippen molar-refractivity contribution in [3.05, 3.63) is 22.4 Å². The van der Waals surface area contributed by atoms with Crippen LogP contribution >= 0.6 is 11.3 Å². The zero-order valence-corrected chi connectivity index (χ0v) is 14.0. The van der Waals surface area contributed by atoms with Crippen molar-refractivity contribution in [2.45, 2.75) is 31.8 Å². The summed E-state index contributed by atoms with van der Waals surface area (Å²) in [6.45, 7) is 7.36. The molecule has 0 saturated carbocycles. The van der Waals surface area contributed by atoms with Gasteiger partial charge in [0.2, 0.25) is 0 Å². The van der Waals surface area contributed by atoms with Gasteiger partial charge in [-0.2, -0.15) is 0 Å². The fraction of sp³-hybridized carbons (Fsp3) is 0.688. The molecule has 3 heterocycles. The van der Waals surface area contributed by atoms with E-state index < -0.39 is 0 Å². The Morgan fingerprint density at radius 3 is 3.00 bits per heavy atom. The van der Waals surface area contributed by atoms with Crippen molar-refractivity contribution in [1.29, 1.82) is 0 Å². The van der Waals surface area contributed by atoms with E-state index >= 15 is 0 Å². The van der Waals surface area contributed by atoms with Crippen molar-refractivity contribution >= 4 is 17.4 Å². The third-order valence-corrected chi connectivity index (χ3v) is 5.36. The van der Waals surface area contributed by atoms with Crippen LogP contribution in [0.5, 0.6) is 0 Å². The van der Waals surface area contributed by atoms with Crippen molar-refractivity contribution in [2.24, 2.45) is 0 Å². The van der Waals surface area contributed by atoms with Crippen LogP contribution in [0, 0.1) is 0 Å². The second kappa shape index (κ2) is 7.44. The normalized spacial score (nSPS) is 24.4. The number of nitrogens with one attached hydrogen (secondary N) is 1. The van der Waals surface area contributed by atoms with Gasteiger partial charge in [0.05, 0.1) is 19.3 Å². The molecule has 2 aliphatic heterocycles. The van der Waals surface area contributed by atoms with Gasteiger partial charge in [-0.05, 0) is 31.2 Å². The van der Waals surface area contributed by atoms with E-state index in [1.807, 2.05) is 4.90 Å². The van der Waals surface area contributed by atoms with Crippen LogP contribution in [0.3, 0.4) is 0 Å². The smallest absolute Gasteiger partial charge is 0.318 e. The van der Waals surface area contributed by atoms with Crippen LogP contribution in [0.4, 0.5) is 4.79 Å². The molecule has 2 saturated heterocycles. The van der Waals surface area contributed by atoms with E-state index in [0.29, 0.717) is 0 Å². The van der Waals surface area contributed by atoms with E-state index in [4.69, 9.17) is 4.74 Å². The van der Waals surface area contributed by atoms with Gasteiger partial charge in [-0.15, -0.1) is 11.3 Å². The Kier molecular flexibility index (Phi) is 5.33. The monoisotopic (exact) mass is 323 g/mol. The Labute approximate surface area is 136 Å². The van der Waals surface area contributed by atoms with E-state index in [2.05, 4.69) is 34.7 Å². The molecule has 0 bridgehead atoms. The van der Waals surface area contributed by atoms with Crippen LogP contribution in [-0.2, 0) is 4.74 Å². The number of rotatable bonds is 4. The first-order valence-electron chi connectivity index (χ1n) is 8.14. The number of ether oxygens (including phenoxy) is 1. The molecule has 1 aromatic rings. The van der Waals surface area contributed by atoms with Crippen LogP contribution in [-0.4, -0.2) is 61.3 Å². The number of thiophene rings is 1. The average molecular weight is 323 g/mol. The molecule has 0 aliphatic carbocycles. The lowest BCUT2D eigenvalue weighted by atomic mass is 10.2. The largest absolute Gasteiger partial charge is 0.379 e. The summed E-state index contributed by atoms with van der Waals surface area (Å²) < 4.78 is 5.36. The number of hydrogen-bond acceptors (Lipinski definition) is 4. The first-order chi connectivity index (χ1) is 10.7. The molecule has 0 spiro atoms. The molecular formula is C16H25N3O2S. The van der Waals surface area contributed by atoms with Crippen molar-refractivity contribution < 1.29 is 9.53 Å². The molecule has 6 heteroatoms. The molecule has 5 nitrogen and oxygen atoms in total. The Morgan fingerprint density at radius 1 is 1.45 bits per heavy atom. The highest BCUT2D eigenvalue weighted by molar-refractivity contribution is 7.10. The molecule has 0 radical (unpaired) electrons. The van der Waals surface area contributed by atoms with Crippen LogP contribution in [0.2, 0.25) is 0 Å². The SMILES string of the molecule is CC(CN1CCOCC1)NC(=O)N1CCCC1c1cccs1. The van der Waals surface area contributed by atoms with E-state index in [0.717, 1.165) is 52.2 Å². The molecule has 122 valence electrons. The van der Waals surface area contributed by atoms with Crippen molar-refractivity contribution in [2.75, 3.05) is 39.4 Å². The standard InChI is InChI=1S/C16H25N3O2S/c1-13(12-18-7-9-21-10-8-18)17-16(20)19-6-2-4-14(19)15-5-3-11-22-15/h3,5,11,13-14H,2,4,6-10,12H2,1H3,(H,17,20). The third kappa shape index (κ3) is 3.80. The maximum Gasteiger partial charge on any atom is 0.318 e. The average Bonchev–Trinajstić information content (AvgIpc) is 3.19. The van der Waals surface area contributed by atoms with Crippen LogP contribution < -0.4 is 5.32 Å². The molecule has 2 aliphatic rings. The Morgan fingerprint density at radius 2 is 2.27 bits per heavy atom. The number of urea groups is 1. The molecule has 22 heavy (non-hydrogen) atoms. The minimum absolute atomic E-state index is 0.0802. The first kappa shape index (κ1) is 15.8. The highest BCUT2D eigenvalue weighted by Crippen LogP contribution is 2.34. The predicted octanol–water partition coefficient (Wildman–Crippen LogP) is 2.32. The zero-order valence-electron chi connectivity index (χ0n) is 13.2. The third-order valence-electron chi connectivity index (χ3n) is 4.39. The Balaban J connectivity index is 1.52. The lowest BCUT2D eigenvalue weighted by Gasteiger charge is -2.31. The molecule has 3 rings (SSSR count). The maximum atomic E-state index is 12.6. The summed E-state index contributed by atoms with van der Waals surface area (Å²) >= 11 is 1.74. The van der Waals surface area contributed by atoms with E-state index in [9.17, 15) is 4.79 Å². The fourth-order valence-corrected chi connectivity index (χ4v) is 4.17. The lowest BCUT2D eigenvalue weighted by molar-refractivity contribution is 0.0346. The molecule has 1 aromatic heterocycles. The summed E-state index contributed by atoms with van der Waals surface area (Å²) in [5.41, 5.74) is 0. The predicted molar refractivity (Wildman–Crippen MR) is 88.3 cm³/mol. The molecule has 2 atom stereocenters. The van der Waals surface area contributed by atoms with Gasteiger partial charge in [0.1, 0.15) is 0 Å². The molecule has 2 fully saturated rings. The summed E-state index contributed by atoms with van der Waals surface area (Å²) in [6.07, 6.45) is 2.17. The van der Waals surface area contributed by atoms with Gasteiger partial charge in [0.25, 0.3) is 0 Å². The van der Waals surface area contributed by atoms with Crippen LogP contribution in [0.1, 0.15) is 30.7 Å². The summed E-state index contributed by atoms with van der Waals surface area (Å²) in [5, 5.41) is 5.26. The maximum absolute atomic E-state index is 12.6. The summed E-state index contributed by atoms with van der Waals surface area (Å²) in [5.74, 6) is 0. The van der Waals surface area contributed by atoms with Crippen molar-refractivity contribution in [3.8, 4) is 0 Å².